The van der Waals surface area contributed by atoms with Crippen molar-refractivity contribution < 1.29 is 24.5 Å². The Labute approximate surface area is 424 Å². The van der Waals surface area contributed by atoms with E-state index in [1.165, 1.54) is 205 Å². The van der Waals surface area contributed by atoms with Crippen molar-refractivity contribution in [1.29, 1.82) is 0 Å². The lowest BCUT2D eigenvalue weighted by Crippen LogP contribution is -2.46. The third kappa shape index (κ3) is 50.5. The van der Waals surface area contributed by atoms with Crippen molar-refractivity contribution in [2.45, 2.75) is 341 Å². The number of nitrogens with one attached hydrogen (secondary N) is 1. The van der Waals surface area contributed by atoms with Gasteiger partial charge in [0, 0.05) is 6.42 Å². The van der Waals surface area contributed by atoms with E-state index in [2.05, 4.69) is 62.5 Å². The van der Waals surface area contributed by atoms with Crippen LogP contribution in [0.5, 0.6) is 0 Å². The van der Waals surface area contributed by atoms with Crippen LogP contribution >= 0.6 is 0 Å². The second-order valence-corrected chi connectivity index (χ2v) is 20.8. The average Bonchev–Trinajstić information content (AvgIpc) is 3.33. The first kappa shape index (κ1) is 66.1. The van der Waals surface area contributed by atoms with Crippen LogP contribution in [0.15, 0.2) is 36.5 Å². The summed E-state index contributed by atoms with van der Waals surface area (Å²) in [4.78, 5) is 26.3. The highest BCUT2D eigenvalue weighted by Gasteiger charge is 2.24. The van der Waals surface area contributed by atoms with Crippen LogP contribution in [0.25, 0.3) is 0 Å². The molecule has 6 nitrogen and oxygen atoms in total. The van der Waals surface area contributed by atoms with Crippen molar-refractivity contribution in [2.24, 2.45) is 0 Å². The van der Waals surface area contributed by atoms with Gasteiger partial charge in [-0.25, -0.2) is 0 Å². The van der Waals surface area contributed by atoms with Gasteiger partial charge in [0.25, 0.3) is 0 Å². The molecule has 3 unspecified atom stereocenters. The number of hydrogen-bond donors (Lipinski definition) is 3. The van der Waals surface area contributed by atoms with Crippen molar-refractivity contribution in [2.75, 3.05) is 6.61 Å². The van der Waals surface area contributed by atoms with Gasteiger partial charge in [-0.2, -0.15) is 0 Å². The molecule has 0 heterocycles. The van der Waals surface area contributed by atoms with Gasteiger partial charge in [0.1, 0.15) is 6.10 Å². The van der Waals surface area contributed by atoms with E-state index in [4.69, 9.17) is 4.74 Å². The maximum Gasteiger partial charge on any atom is 0.306 e. The molecule has 3 N–H and O–H groups in total. The minimum atomic E-state index is -0.790. The van der Waals surface area contributed by atoms with Crippen LogP contribution in [0.4, 0.5) is 0 Å². The molecule has 0 saturated carbocycles. The maximum atomic E-state index is 13.3. The molecule has 0 aliphatic carbocycles. The van der Waals surface area contributed by atoms with Crippen molar-refractivity contribution in [1.82, 2.24) is 5.32 Å². The van der Waals surface area contributed by atoms with E-state index in [0.717, 1.165) is 70.6 Å². The van der Waals surface area contributed by atoms with Crippen LogP contribution in [-0.2, 0) is 14.3 Å². The Balaban J connectivity index is 4.56. The van der Waals surface area contributed by atoms with Gasteiger partial charge < -0.3 is 20.3 Å². The minimum absolute atomic E-state index is 0.0735. The number of aliphatic hydroxyl groups is 2. The second-order valence-electron chi connectivity index (χ2n) is 20.8. The summed E-state index contributed by atoms with van der Waals surface area (Å²) in [5.74, 6) is -0.480. The Kier molecular flexibility index (Phi) is 54.4. The van der Waals surface area contributed by atoms with E-state index in [1.54, 1.807) is 0 Å². The topological polar surface area (TPSA) is 95.9 Å². The van der Waals surface area contributed by atoms with Crippen molar-refractivity contribution in [3.8, 4) is 0 Å². The fourth-order valence-electron chi connectivity index (χ4n) is 9.38. The smallest absolute Gasteiger partial charge is 0.306 e. The molecule has 0 aromatic rings. The number of aliphatic hydroxyl groups excluding tert-OH is 2. The molecule has 0 aliphatic rings. The molecule has 0 aromatic heterocycles. The molecule has 0 radical (unpaired) electrons. The molecule has 1 amide bonds. The zero-order valence-corrected chi connectivity index (χ0v) is 45.8. The predicted molar refractivity (Wildman–Crippen MR) is 296 cm³/mol. The number of unbranched alkanes of at least 4 members (excludes halogenated alkanes) is 37. The Bertz CT molecular complexity index is 1120. The minimum Gasteiger partial charge on any atom is -0.462 e. The zero-order valence-electron chi connectivity index (χ0n) is 45.8. The van der Waals surface area contributed by atoms with Crippen LogP contribution in [0.2, 0.25) is 0 Å². The molecule has 68 heavy (non-hydrogen) atoms. The van der Waals surface area contributed by atoms with Crippen LogP contribution in [0, 0.1) is 0 Å². The lowest BCUT2D eigenvalue weighted by Gasteiger charge is -2.24. The van der Waals surface area contributed by atoms with E-state index in [-0.39, 0.29) is 24.9 Å². The molecule has 0 rings (SSSR count). The molecule has 0 bridgehead atoms. The maximum absolute atomic E-state index is 13.3. The van der Waals surface area contributed by atoms with Gasteiger partial charge in [0.2, 0.25) is 5.91 Å². The molecule has 6 heteroatoms. The standard InChI is InChI=1S/C62H117NO5/c1-4-7-10-13-16-19-22-25-28-30-33-35-38-41-44-47-50-53-58(68-62(67)55-52-49-46-43-40-37-34-31-29-26-23-20-17-14-11-8-5-2)56-61(66)63-59(57-64)60(65)54-51-48-45-42-39-36-32-27-24-21-18-15-12-9-6-3/h17,20,26,29,34,37,58-60,64-65H,4-16,18-19,21-25,27-28,30-33,35-36,38-57H2,1-3H3,(H,63,66)/b20-17-,29-26-,37-34-. The molecule has 3 atom stereocenters. The molecule has 0 saturated heterocycles. The number of esters is 1. The largest absolute Gasteiger partial charge is 0.462 e. The molecular formula is C62H117NO5. The number of carbonyl (C=O) groups excluding carboxylic acids is 2. The number of ether oxygens (including phenoxy) is 1. The number of amides is 1. The number of allylic oxidation sites excluding steroid dienone is 6. The summed E-state index contributed by atoms with van der Waals surface area (Å²) >= 11 is 0. The normalized spacial score (nSPS) is 13.3. The first-order valence-electron chi connectivity index (χ1n) is 30.2. The van der Waals surface area contributed by atoms with Gasteiger partial charge in [-0.15, -0.1) is 0 Å². The Morgan fingerprint density at radius 3 is 1.16 bits per heavy atom. The highest BCUT2D eigenvalue weighted by molar-refractivity contribution is 5.77. The summed E-state index contributed by atoms with van der Waals surface area (Å²) in [5.41, 5.74) is 0. The second kappa shape index (κ2) is 56.0. The Hall–Kier alpha value is -1.92. The SMILES string of the molecule is CCCCC/C=C\C/C=C\C/C=C\CCCCCCC(=O)OC(CCCCCCCCCCCCCCCCCCC)CC(=O)NC(CO)C(O)CCCCCCCCCCCCCCCCC. The third-order valence-electron chi connectivity index (χ3n) is 14.0. The van der Waals surface area contributed by atoms with E-state index in [1.807, 2.05) is 0 Å². The number of hydrogen-bond acceptors (Lipinski definition) is 5. The first-order chi connectivity index (χ1) is 33.5. The van der Waals surface area contributed by atoms with Gasteiger partial charge in [-0.1, -0.05) is 282 Å². The van der Waals surface area contributed by atoms with Crippen molar-refractivity contribution >= 4 is 11.9 Å². The van der Waals surface area contributed by atoms with E-state index < -0.39 is 18.2 Å². The summed E-state index contributed by atoms with van der Waals surface area (Å²) in [6.45, 7) is 6.50. The Morgan fingerprint density at radius 2 is 0.750 bits per heavy atom. The van der Waals surface area contributed by atoms with Gasteiger partial charge in [-0.3, -0.25) is 9.59 Å². The lowest BCUT2D eigenvalue weighted by molar-refractivity contribution is -0.151. The van der Waals surface area contributed by atoms with Gasteiger partial charge >= 0.3 is 5.97 Å². The van der Waals surface area contributed by atoms with Crippen molar-refractivity contribution in [3.63, 3.8) is 0 Å². The molecule has 400 valence electrons. The third-order valence-corrected chi connectivity index (χ3v) is 14.0. The van der Waals surface area contributed by atoms with Crippen molar-refractivity contribution in [3.05, 3.63) is 36.5 Å². The van der Waals surface area contributed by atoms with E-state index in [9.17, 15) is 19.8 Å². The highest BCUT2D eigenvalue weighted by Crippen LogP contribution is 2.19. The number of carbonyl (C=O) groups is 2. The fourth-order valence-corrected chi connectivity index (χ4v) is 9.38. The van der Waals surface area contributed by atoms with Gasteiger partial charge in [-0.05, 0) is 64.2 Å². The number of rotatable bonds is 55. The summed E-state index contributed by atoms with van der Waals surface area (Å²) in [5, 5.41) is 23.9. The van der Waals surface area contributed by atoms with E-state index in [0.29, 0.717) is 19.3 Å². The average molecular weight is 957 g/mol. The molecule has 0 aliphatic heterocycles. The lowest BCUT2D eigenvalue weighted by atomic mass is 10.0. The summed E-state index contributed by atoms with van der Waals surface area (Å²) in [6, 6.07) is -0.704. The van der Waals surface area contributed by atoms with E-state index >= 15 is 0 Å². The fraction of sp³-hybridized carbons (Fsp3) is 0.871. The highest BCUT2D eigenvalue weighted by atomic mass is 16.5. The van der Waals surface area contributed by atoms with Crippen LogP contribution in [-0.4, -0.2) is 46.9 Å². The summed E-state index contributed by atoms with van der Waals surface area (Å²) in [6.07, 6.45) is 67.8. The molecule has 0 fully saturated rings. The van der Waals surface area contributed by atoms with Gasteiger partial charge in [0.05, 0.1) is 25.2 Å². The molecule has 0 aromatic carbocycles. The van der Waals surface area contributed by atoms with Crippen LogP contribution in [0.3, 0.4) is 0 Å². The zero-order chi connectivity index (χ0) is 49.5. The monoisotopic (exact) mass is 956 g/mol. The first-order valence-corrected chi connectivity index (χ1v) is 30.2. The summed E-state index contributed by atoms with van der Waals surface area (Å²) in [7, 11) is 0. The summed E-state index contributed by atoms with van der Waals surface area (Å²) < 4.78 is 5.97. The van der Waals surface area contributed by atoms with Crippen LogP contribution in [0.1, 0.15) is 323 Å². The quantitative estimate of drug-likeness (QED) is 0.0321. The van der Waals surface area contributed by atoms with Gasteiger partial charge in [0.15, 0.2) is 0 Å². The van der Waals surface area contributed by atoms with Crippen LogP contribution < -0.4 is 5.32 Å². The Morgan fingerprint density at radius 1 is 0.426 bits per heavy atom. The molecular weight excluding hydrogens is 839 g/mol. The molecule has 0 spiro atoms. The predicted octanol–water partition coefficient (Wildman–Crippen LogP) is 18.8.